The maximum atomic E-state index is 12.9. The highest BCUT2D eigenvalue weighted by atomic mass is 16.5. The molecule has 1 aliphatic heterocycles. The Labute approximate surface area is 155 Å². The first-order valence-corrected chi connectivity index (χ1v) is 9.65. The largest absolute Gasteiger partial charge is 0.493 e. The number of rotatable bonds is 1. The molecule has 2 saturated carbocycles. The van der Waals surface area contributed by atoms with Gasteiger partial charge in [-0.2, -0.15) is 0 Å². The van der Waals surface area contributed by atoms with E-state index < -0.39 is 5.60 Å². The van der Waals surface area contributed by atoms with Gasteiger partial charge in [0.2, 0.25) is 11.6 Å². The van der Waals surface area contributed by atoms with E-state index in [-0.39, 0.29) is 33.9 Å². The van der Waals surface area contributed by atoms with Gasteiger partial charge in [-0.1, -0.05) is 32.9 Å². The lowest BCUT2D eigenvalue weighted by Gasteiger charge is -2.67. The smallest absolute Gasteiger partial charge is 0.227 e. The molecule has 0 N–H and O–H groups in total. The Bertz CT molecular complexity index is 788. The van der Waals surface area contributed by atoms with Crippen LogP contribution >= 0.6 is 0 Å². The predicted molar refractivity (Wildman–Crippen MR) is 98.2 cm³/mol. The molecule has 4 nitrogen and oxygen atoms in total. The monoisotopic (exact) mass is 356 g/mol. The Morgan fingerprint density at radius 2 is 2.00 bits per heavy atom. The average Bonchev–Trinajstić information content (AvgIpc) is 2.61. The number of Topliss-reactive ketones (excluding diaryl/α,β-unsaturated/α-hetero) is 1. The number of carbonyl (C=O) groups is 2. The van der Waals surface area contributed by atoms with Crippen LogP contribution in [0, 0.1) is 16.7 Å². The summed E-state index contributed by atoms with van der Waals surface area (Å²) in [5, 5.41) is 0. The third kappa shape index (κ3) is 1.85. The maximum Gasteiger partial charge on any atom is 0.227 e. The summed E-state index contributed by atoms with van der Waals surface area (Å²) in [5.41, 5.74) is 0.872. The number of carbonyl (C=O) groups excluding carboxylic acids is 2. The molecule has 1 unspecified atom stereocenters. The van der Waals surface area contributed by atoms with Crippen LogP contribution in [-0.4, -0.2) is 24.3 Å². The van der Waals surface area contributed by atoms with Gasteiger partial charge in [0.1, 0.15) is 5.60 Å². The van der Waals surface area contributed by atoms with Crippen LogP contribution in [0.2, 0.25) is 0 Å². The molecule has 4 heteroatoms. The van der Waals surface area contributed by atoms with E-state index in [0.29, 0.717) is 17.9 Å². The molecule has 4 atom stereocenters. The van der Waals surface area contributed by atoms with E-state index in [9.17, 15) is 9.59 Å². The minimum atomic E-state index is -0.472. The highest BCUT2D eigenvalue weighted by Gasteiger charge is 2.69. The van der Waals surface area contributed by atoms with Crippen molar-refractivity contribution in [1.29, 1.82) is 0 Å². The molecule has 1 spiro atoms. The van der Waals surface area contributed by atoms with Crippen molar-refractivity contribution in [3.63, 3.8) is 0 Å². The second-order valence-corrected chi connectivity index (χ2v) is 8.97. The molecule has 0 aromatic carbocycles. The first kappa shape index (κ1) is 17.6. The normalized spacial score (nSPS) is 42.4. The Morgan fingerprint density at radius 3 is 2.69 bits per heavy atom. The molecule has 0 amide bonds. The Kier molecular flexibility index (Phi) is 3.61. The van der Waals surface area contributed by atoms with Gasteiger partial charge in [-0.05, 0) is 44.4 Å². The van der Waals surface area contributed by atoms with Gasteiger partial charge < -0.3 is 9.47 Å². The molecule has 0 saturated heterocycles. The quantitative estimate of drug-likeness (QED) is 0.520. The standard InChI is InChI=1S/C22H28O4/c1-13-7-6-9-22-20(13,3)10-8-14(2)21(22,4)12-15-18(24)17(25-5)11-16(23)19(15)26-22/h11,14H,1,6-10,12H2,2-5H3/t14-,20-,21+,22?/m0/s1. The van der Waals surface area contributed by atoms with Gasteiger partial charge in [-0.15, -0.1) is 0 Å². The van der Waals surface area contributed by atoms with Gasteiger partial charge >= 0.3 is 0 Å². The minimum Gasteiger partial charge on any atom is -0.493 e. The van der Waals surface area contributed by atoms with Crippen molar-refractivity contribution in [2.45, 2.75) is 64.9 Å². The number of ketones is 2. The molecule has 2 fully saturated rings. The van der Waals surface area contributed by atoms with Crippen LogP contribution in [-0.2, 0) is 19.1 Å². The summed E-state index contributed by atoms with van der Waals surface area (Å²) in [7, 11) is 1.43. The third-order valence-electron chi connectivity index (χ3n) is 8.06. The van der Waals surface area contributed by atoms with Gasteiger partial charge in [-0.3, -0.25) is 9.59 Å². The average molecular weight is 356 g/mol. The van der Waals surface area contributed by atoms with Gasteiger partial charge in [-0.25, -0.2) is 0 Å². The van der Waals surface area contributed by atoms with Gasteiger partial charge in [0, 0.05) is 16.9 Å². The molecule has 0 aromatic heterocycles. The molecular formula is C22H28O4. The summed E-state index contributed by atoms with van der Waals surface area (Å²) < 4.78 is 11.8. The number of hydrogen-bond donors (Lipinski definition) is 0. The molecule has 1 heterocycles. The van der Waals surface area contributed by atoms with Crippen LogP contribution in [0.1, 0.15) is 59.3 Å². The first-order valence-electron chi connectivity index (χ1n) is 9.65. The lowest BCUT2D eigenvalue weighted by atomic mass is 9.42. The highest BCUT2D eigenvalue weighted by molar-refractivity contribution is 6.21. The topological polar surface area (TPSA) is 52.6 Å². The summed E-state index contributed by atoms with van der Waals surface area (Å²) in [6, 6.07) is 0. The fraction of sp³-hybridized carbons (Fsp3) is 0.636. The molecular weight excluding hydrogens is 328 g/mol. The fourth-order valence-corrected chi connectivity index (χ4v) is 6.12. The molecule has 4 rings (SSSR count). The van der Waals surface area contributed by atoms with E-state index in [4.69, 9.17) is 9.47 Å². The molecule has 140 valence electrons. The van der Waals surface area contributed by atoms with Crippen molar-refractivity contribution in [3.8, 4) is 0 Å². The molecule has 26 heavy (non-hydrogen) atoms. The lowest BCUT2D eigenvalue weighted by molar-refractivity contribution is -0.231. The molecule has 0 aromatic rings. The number of methoxy groups -OCH3 is 1. The van der Waals surface area contributed by atoms with Crippen LogP contribution in [0.4, 0.5) is 0 Å². The molecule has 4 aliphatic rings. The SMILES string of the molecule is C=C1CCCC23OC4=C(C[C@]2(C)[C@@H](C)CC[C@@]13C)C(=O)C(OC)=CC4=O. The summed E-state index contributed by atoms with van der Waals surface area (Å²) in [6.07, 6.45) is 6.88. The van der Waals surface area contributed by atoms with E-state index >= 15 is 0 Å². The van der Waals surface area contributed by atoms with Crippen LogP contribution in [0.3, 0.4) is 0 Å². The van der Waals surface area contributed by atoms with E-state index in [2.05, 4.69) is 27.4 Å². The third-order valence-corrected chi connectivity index (χ3v) is 8.06. The summed E-state index contributed by atoms with van der Waals surface area (Å²) in [5.74, 6) is 0.326. The van der Waals surface area contributed by atoms with Crippen LogP contribution < -0.4 is 0 Å². The van der Waals surface area contributed by atoms with Crippen molar-refractivity contribution in [1.82, 2.24) is 0 Å². The van der Waals surface area contributed by atoms with E-state index in [1.165, 1.54) is 18.8 Å². The number of allylic oxidation sites excluding steroid dienone is 2. The summed E-state index contributed by atoms with van der Waals surface area (Å²) in [4.78, 5) is 25.6. The van der Waals surface area contributed by atoms with Crippen molar-refractivity contribution in [2.75, 3.05) is 7.11 Å². The van der Waals surface area contributed by atoms with Crippen molar-refractivity contribution < 1.29 is 19.1 Å². The van der Waals surface area contributed by atoms with E-state index in [1.54, 1.807) is 0 Å². The molecule has 0 radical (unpaired) electrons. The minimum absolute atomic E-state index is 0.121. The van der Waals surface area contributed by atoms with Crippen LogP contribution in [0.15, 0.2) is 35.3 Å². The van der Waals surface area contributed by atoms with Crippen molar-refractivity contribution >= 4 is 11.6 Å². The first-order chi connectivity index (χ1) is 12.2. The maximum absolute atomic E-state index is 12.9. The van der Waals surface area contributed by atoms with Gasteiger partial charge in [0.15, 0.2) is 11.5 Å². The zero-order valence-electron chi connectivity index (χ0n) is 16.2. The Hall–Kier alpha value is -1.84. The Morgan fingerprint density at radius 1 is 1.27 bits per heavy atom. The lowest BCUT2D eigenvalue weighted by Crippen LogP contribution is -2.68. The number of hydrogen-bond acceptors (Lipinski definition) is 4. The van der Waals surface area contributed by atoms with Gasteiger partial charge in [0.05, 0.1) is 12.7 Å². The number of ether oxygens (including phenoxy) is 2. The van der Waals surface area contributed by atoms with E-state index in [1.807, 2.05) is 0 Å². The van der Waals surface area contributed by atoms with Crippen LogP contribution in [0.25, 0.3) is 0 Å². The van der Waals surface area contributed by atoms with Gasteiger partial charge in [0.25, 0.3) is 0 Å². The summed E-state index contributed by atoms with van der Waals surface area (Å²) >= 11 is 0. The summed E-state index contributed by atoms with van der Waals surface area (Å²) in [6.45, 7) is 11.2. The fourth-order valence-electron chi connectivity index (χ4n) is 6.12. The highest BCUT2D eigenvalue weighted by Crippen LogP contribution is 2.69. The zero-order chi connectivity index (χ0) is 18.9. The second-order valence-electron chi connectivity index (χ2n) is 8.97. The second kappa shape index (κ2) is 5.34. The van der Waals surface area contributed by atoms with Crippen molar-refractivity contribution in [2.24, 2.45) is 16.7 Å². The van der Waals surface area contributed by atoms with Crippen LogP contribution in [0.5, 0.6) is 0 Å². The Balaban J connectivity index is 1.91. The molecule has 0 bridgehead atoms. The van der Waals surface area contributed by atoms with Crippen molar-refractivity contribution in [3.05, 3.63) is 35.3 Å². The van der Waals surface area contributed by atoms with E-state index in [0.717, 1.165) is 32.1 Å². The zero-order valence-corrected chi connectivity index (χ0v) is 16.2. The predicted octanol–water partition coefficient (Wildman–Crippen LogP) is 4.26. The molecule has 3 aliphatic carbocycles.